The predicted molar refractivity (Wildman–Crippen MR) is 78.7 cm³/mol. The minimum Gasteiger partial charge on any atom is -0.385 e. The second kappa shape index (κ2) is 7.11. The third kappa shape index (κ3) is 4.11. The van der Waals surface area contributed by atoms with E-state index in [9.17, 15) is 0 Å². The number of anilines is 1. The van der Waals surface area contributed by atoms with Gasteiger partial charge in [-0.25, -0.2) is 0 Å². The highest BCUT2D eigenvalue weighted by Crippen LogP contribution is 2.24. The quantitative estimate of drug-likeness (QED) is 0.771. The van der Waals surface area contributed by atoms with Gasteiger partial charge in [-0.2, -0.15) is 0 Å². The number of rotatable bonds is 3. The molecule has 2 rings (SSSR count). The first kappa shape index (κ1) is 13.0. The molecule has 1 saturated carbocycles. The summed E-state index contributed by atoms with van der Waals surface area (Å²) in [4.78, 5) is 0. The predicted octanol–water partition coefficient (Wildman–Crippen LogP) is 4.44. The van der Waals surface area contributed by atoms with E-state index in [4.69, 9.17) is 0 Å². The molecule has 18 heavy (non-hydrogen) atoms. The van der Waals surface area contributed by atoms with Crippen LogP contribution in [-0.4, -0.2) is 6.54 Å². The molecule has 1 aromatic rings. The van der Waals surface area contributed by atoms with Crippen molar-refractivity contribution in [2.75, 3.05) is 11.9 Å². The van der Waals surface area contributed by atoms with Gasteiger partial charge in [0.15, 0.2) is 0 Å². The van der Waals surface area contributed by atoms with Crippen LogP contribution in [0.1, 0.15) is 51.0 Å². The van der Waals surface area contributed by atoms with E-state index >= 15 is 0 Å². The molecule has 1 fully saturated rings. The molecule has 0 bridgehead atoms. The summed E-state index contributed by atoms with van der Waals surface area (Å²) >= 11 is 0. The Hall–Kier alpha value is -1.42. The summed E-state index contributed by atoms with van der Waals surface area (Å²) in [5.74, 6) is 7.17. The Balaban J connectivity index is 1.88. The smallest absolute Gasteiger partial charge is 0.0352 e. The van der Waals surface area contributed by atoms with Crippen LogP contribution in [0.2, 0.25) is 0 Å². The highest BCUT2D eigenvalue weighted by atomic mass is 14.9. The van der Waals surface area contributed by atoms with Crippen molar-refractivity contribution in [1.29, 1.82) is 0 Å². The Kier molecular flexibility index (Phi) is 5.15. The first-order valence-electron chi connectivity index (χ1n) is 7.21. The first-order valence-corrected chi connectivity index (χ1v) is 7.21. The Bertz CT molecular complexity index is 419. The molecule has 1 N–H and O–H groups in total. The molecular formula is C17H23N. The molecule has 1 heteroatoms. The van der Waals surface area contributed by atoms with Crippen molar-refractivity contribution in [3.63, 3.8) is 0 Å². The molecule has 0 spiro atoms. The van der Waals surface area contributed by atoms with Crippen LogP contribution in [0, 0.1) is 17.8 Å². The van der Waals surface area contributed by atoms with Gasteiger partial charge in [-0.3, -0.25) is 0 Å². The third-order valence-electron chi connectivity index (χ3n) is 3.59. The van der Waals surface area contributed by atoms with Crippen molar-refractivity contribution in [3.8, 4) is 11.8 Å². The maximum atomic E-state index is 3.56. The molecule has 1 aliphatic rings. The summed E-state index contributed by atoms with van der Waals surface area (Å²) in [6.45, 7) is 3.20. The third-order valence-corrected chi connectivity index (χ3v) is 3.59. The average Bonchev–Trinajstić information content (AvgIpc) is 2.44. The fraction of sp³-hybridized carbons (Fsp3) is 0.529. The maximum absolute atomic E-state index is 3.56. The van der Waals surface area contributed by atoms with Crippen molar-refractivity contribution in [3.05, 3.63) is 29.8 Å². The zero-order valence-corrected chi connectivity index (χ0v) is 11.3. The SMILES string of the molecule is CCC#Cc1cccc(NCC2CCCCC2)c1. The molecule has 0 amide bonds. The fourth-order valence-corrected chi connectivity index (χ4v) is 2.55. The van der Waals surface area contributed by atoms with E-state index in [0.29, 0.717) is 0 Å². The normalized spacial score (nSPS) is 15.8. The molecule has 96 valence electrons. The lowest BCUT2D eigenvalue weighted by Gasteiger charge is -2.22. The van der Waals surface area contributed by atoms with Crippen molar-refractivity contribution in [2.45, 2.75) is 45.4 Å². The number of hydrogen-bond donors (Lipinski definition) is 1. The van der Waals surface area contributed by atoms with E-state index in [1.54, 1.807) is 0 Å². The van der Waals surface area contributed by atoms with Crippen LogP contribution in [0.15, 0.2) is 24.3 Å². The summed E-state index contributed by atoms with van der Waals surface area (Å²) in [5, 5.41) is 3.56. The largest absolute Gasteiger partial charge is 0.385 e. The van der Waals surface area contributed by atoms with Gasteiger partial charge < -0.3 is 5.32 Å². The van der Waals surface area contributed by atoms with Gasteiger partial charge in [0.05, 0.1) is 0 Å². The number of hydrogen-bond acceptors (Lipinski definition) is 1. The summed E-state index contributed by atoms with van der Waals surface area (Å²) in [6.07, 6.45) is 7.95. The minimum atomic E-state index is 0.865. The van der Waals surface area contributed by atoms with E-state index in [-0.39, 0.29) is 0 Å². The molecule has 0 unspecified atom stereocenters. The van der Waals surface area contributed by atoms with E-state index in [2.05, 4.69) is 48.3 Å². The van der Waals surface area contributed by atoms with Crippen LogP contribution in [0.5, 0.6) is 0 Å². The van der Waals surface area contributed by atoms with Gasteiger partial charge in [-0.15, -0.1) is 0 Å². The molecule has 1 aliphatic carbocycles. The van der Waals surface area contributed by atoms with Gasteiger partial charge in [-0.1, -0.05) is 44.1 Å². The summed E-state index contributed by atoms with van der Waals surface area (Å²) < 4.78 is 0. The van der Waals surface area contributed by atoms with Crippen LogP contribution < -0.4 is 5.32 Å². The lowest BCUT2D eigenvalue weighted by molar-refractivity contribution is 0.373. The molecule has 0 aromatic heterocycles. The average molecular weight is 241 g/mol. The number of nitrogens with one attached hydrogen (secondary N) is 1. The summed E-state index contributed by atoms with van der Waals surface area (Å²) in [6, 6.07) is 8.46. The van der Waals surface area contributed by atoms with E-state index in [0.717, 1.165) is 24.4 Å². The Morgan fingerprint density at radius 2 is 2.06 bits per heavy atom. The van der Waals surface area contributed by atoms with Crippen LogP contribution in [0.3, 0.4) is 0 Å². The highest BCUT2D eigenvalue weighted by Gasteiger charge is 2.12. The second-order valence-corrected chi connectivity index (χ2v) is 5.12. The lowest BCUT2D eigenvalue weighted by atomic mass is 9.89. The highest BCUT2D eigenvalue weighted by molar-refractivity contribution is 5.50. The Labute approximate surface area is 111 Å². The van der Waals surface area contributed by atoms with Crippen LogP contribution >= 0.6 is 0 Å². The molecule has 0 radical (unpaired) electrons. The minimum absolute atomic E-state index is 0.865. The second-order valence-electron chi connectivity index (χ2n) is 5.12. The van der Waals surface area contributed by atoms with Gasteiger partial charge in [0.1, 0.15) is 0 Å². The van der Waals surface area contributed by atoms with Crippen molar-refractivity contribution >= 4 is 5.69 Å². The van der Waals surface area contributed by atoms with Crippen molar-refractivity contribution in [2.24, 2.45) is 5.92 Å². The maximum Gasteiger partial charge on any atom is 0.0352 e. The molecule has 0 aliphatic heterocycles. The van der Waals surface area contributed by atoms with Crippen molar-refractivity contribution in [1.82, 2.24) is 0 Å². The number of benzene rings is 1. The summed E-state index contributed by atoms with van der Waals surface area (Å²) in [7, 11) is 0. The monoisotopic (exact) mass is 241 g/mol. The fourth-order valence-electron chi connectivity index (χ4n) is 2.55. The van der Waals surface area contributed by atoms with E-state index in [1.165, 1.54) is 37.8 Å². The van der Waals surface area contributed by atoms with Gasteiger partial charge in [0, 0.05) is 24.2 Å². The standard InChI is InChI=1S/C17H23N/c1-2-3-8-15-11-7-12-17(13-15)18-14-16-9-5-4-6-10-16/h7,11-13,16,18H,2,4-6,9-10,14H2,1H3. The molecule has 0 atom stereocenters. The van der Waals surface area contributed by atoms with E-state index < -0.39 is 0 Å². The Morgan fingerprint density at radius 3 is 2.83 bits per heavy atom. The molecule has 0 saturated heterocycles. The Morgan fingerprint density at radius 1 is 1.22 bits per heavy atom. The molecular weight excluding hydrogens is 218 g/mol. The van der Waals surface area contributed by atoms with Crippen LogP contribution in [0.4, 0.5) is 5.69 Å². The first-order chi connectivity index (χ1) is 8.88. The molecule has 0 heterocycles. The molecule has 1 nitrogen and oxygen atoms in total. The van der Waals surface area contributed by atoms with Gasteiger partial charge in [0.25, 0.3) is 0 Å². The zero-order chi connectivity index (χ0) is 12.6. The van der Waals surface area contributed by atoms with Crippen molar-refractivity contribution < 1.29 is 0 Å². The molecule has 1 aromatic carbocycles. The summed E-state index contributed by atoms with van der Waals surface area (Å²) in [5.41, 5.74) is 2.33. The van der Waals surface area contributed by atoms with E-state index in [1.807, 2.05) is 0 Å². The van der Waals surface area contributed by atoms with Crippen LogP contribution in [-0.2, 0) is 0 Å². The van der Waals surface area contributed by atoms with Gasteiger partial charge >= 0.3 is 0 Å². The van der Waals surface area contributed by atoms with Gasteiger partial charge in [0.2, 0.25) is 0 Å². The topological polar surface area (TPSA) is 12.0 Å². The van der Waals surface area contributed by atoms with Crippen LogP contribution in [0.25, 0.3) is 0 Å². The lowest BCUT2D eigenvalue weighted by Crippen LogP contribution is -2.17. The zero-order valence-electron chi connectivity index (χ0n) is 11.3. The van der Waals surface area contributed by atoms with Gasteiger partial charge in [-0.05, 0) is 37.0 Å².